The van der Waals surface area contributed by atoms with Crippen LogP contribution in [0.2, 0.25) is 0 Å². The SMILES string of the molecule is COc1cc(C)c(F)c(COc2cnc(Nc3cnc(N4CCC(N5CCN(C)CC5)CC4)nc3)nc2)c1F. The molecule has 3 aromatic rings. The molecule has 2 saturated heterocycles. The number of aromatic nitrogens is 4. The van der Waals surface area contributed by atoms with E-state index in [9.17, 15) is 8.78 Å². The second-order valence-electron chi connectivity index (χ2n) is 9.99. The second kappa shape index (κ2) is 12.0. The zero-order valence-electron chi connectivity index (χ0n) is 22.5. The number of rotatable bonds is 8. The maximum Gasteiger partial charge on any atom is 0.227 e. The highest BCUT2D eigenvalue weighted by atomic mass is 19.1. The summed E-state index contributed by atoms with van der Waals surface area (Å²) in [4.78, 5) is 24.7. The van der Waals surface area contributed by atoms with Crippen LogP contribution in [0.5, 0.6) is 11.5 Å². The van der Waals surface area contributed by atoms with E-state index in [0.717, 1.165) is 52.1 Å². The molecule has 0 amide bonds. The monoisotopic (exact) mass is 540 g/mol. The Morgan fingerprint density at radius 2 is 1.59 bits per heavy atom. The molecule has 2 aromatic heterocycles. The third-order valence-corrected chi connectivity index (χ3v) is 7.37. The van der Waals surface area contributed by atoms with Crippen LogP contribution in [0.4, 0.5) is 26.4 Å². The van der Waals surface area contributed by atoms with Gasteiger partial charge >= 0.3 is 0 Å². The van der Waals surface area contributed by atoms with Crippen molar-refractivity contribution in [1.29, 1.82) is 0 Å². The third kappa shape index (κ3) is 6.34. The summed E-state index contributed by atoms with van der Waals surface area (Å²) in [6, 6.07) is 1.95. The van der Waals surface area contributed by atoms with Gasteiger partial charge in [0.1, 0.15) is 12.4 Å². The van der Waals surface area contributed by atoms with Gasteiger partial charge in [-0.15, -0.1) is 0 Å². The lowest BCUT2D eigenvalue weighted by Gasteiger charge is -2.42. The zero-order chi connectivity index (χ0) is 27.4. The highest BCUT2D eigenvalue weighted by molar-refractivity contribution is 5.51. The van der Waals surface area contributed by atoms with E-state index in [0.29, 0.717) is 23.6 Å². The van der Waals surface area contributed by atoms with Crippen molar-refractivity contribution in [2.45, 2.75) is 32.4 Å². The molecule has 2 aliphatic heterocycles. The largest absolute Gasteiger partial charge is 0.494 e. The van der Waals surface area contributed by atoms with Crippen LogP contribution in [0, 0.1) is 18.6 Å². The van der Waals surface area contributed by atoms with Gasteiger partial charge in [0.15, 0.2) is 17.3 Å². The highest BCUT2D eigenvalue weighted by Gasteiger charge is 2.27. The van der Waals surface area contributed by atoms with Gasteiger partial charge in [-0.05, 0) is 38.4 Å². The number of piperazine rings is 1. The summed E-state index contributed by atoms with van der Waals surface area (Å²) >= 11 is 0. The quantitative estimate of drug-likeness (QED) is 0.458. The molecule has 39 heavy (non-hydrogen) atoms. The van der Waals surface area contributed by atoms with Crippen molar-refractivity contribution in [3.8, 4) is 11.5 Å². The number of hydrogen-bond acceptors (Lipinski definition) is 10. The number of piperidine rings is 1. The third-order valence-electron chi connectivity index (χ3n) is 7.37. The molecule has 10 nitrogen and oxygen atoms in total. The number of aryl methyl sites for hydroxylation is 1. The molecule has 0 saturated carbocycles. The van der Waals surface area contributed by atoms with Gasteiger partial charge in [-0.1, -0.05) is 0 Å². The Balaban J connectivity index is 1.12. The molecule has 0 atom stereocenters. The Bertz CT molecular complexity index is 1250. The van der Waals surface area contributed by atoms with Crippen molar-refractivity contribution in [3.05, 3.63) is 53.6 Å². The van der Waals surface area contributed by atoms with Gasteiger partial charge in [-0.3, -0.25) is 4.90 Å². The summed E-state index contributed by atoms with van der Waals surface area (Å²) < 4.78 is 39.4. The van der Waals surface area contributed by atoms with Crippen molar-refractivity contribution in [1.82, 2.24) is 29.7 Å². The molecule has 12 heteroatoms. The standard InChI is InChI=1S/C27H34F2N8O2/c1-18-12-23(38-3)25(29)22(24(18)28)17-39-21-15-30-26(31-16-21)34-19-13-32-27(33-14-19)37-6-4-20(5-7-37)36-10-8-35(2)9-11-36/h12-16,20H,4-11,17H2,1-3H3,(H,30,31,34). The lowest BCUT2D eigenvalue weighted by Crippen LogP contribution is -2.52. The Hall–Kier alpha value is -3.64. The predicted molar refractivity (Wildman–Crippen MR) is 144 cm³/mol. The lowest BCUT2D eigenvalue weighted by molar-refractivity contribution is 0.0980. The molecule has 2 aliphatic rings. The summed E-state index contributed by atoms with van der Waals surface area (Å²) in [5, 5.41) is 3.06. The van der Waals surface area contributed by atoms with Gasteiger partial charge in [-0.25, -0.2) is 28.7 Å². The number of ether oxygens (including phenoxy) is 2. The molecule has 4 heterocycles. The van der Waals surface area contributed by atoms with Gasteiger partial charge in [0.2, 0.25) is 11.9 Å². The van der Waals surface area contributed by atoms with E-state index in [1.165, 1.54) is 32.5 Å². The number of nitrogens with zero attached hydrogens (tertiary/aromatic N) is 7. The Morgan fingerprint density at radius 3 is 2.23 bits per heavy atom. The Kier molecular flexibility index (Phi) is 8.32. The first-order valence-electron chi connectivity index (χ1n) is 13.1. The molecule has 1 N–H and O–H groups in total. The Morgan fingerprint density at radius 1 is 0.923 bits per heavy atom. The van der Waals surface area contributed by atoms with Crippen molar-refractivity contribution < 1.29 is 18.3 Å². The van der Waals surface area contributed by atoms with Crippen molar-refractivity contribution in [2.75, 3.05) is 63.6 Å². The smallest absolute Gasteiger partial charge is 0.227 e. The minimum Gasteiger partial charge on any atom is -0.494 e. The maximum atomic E-state index is 14.5. The average Bonchev–Trinajstić information content (AvgIpc) is 2.97. The summed E-state index contributed by atoms with van der Waals surface area (Å²) in [5.41, 5.74) is 0.705. The fourth-order valence-electron chi connectivity index (χ4n) is 4.99. The number of hydrogen-bond donors (Lipinski definition) is 1. The van der Waals surface area contributed by atoms with E-state index in [-0.39, 0.29) is 29.2 Å². The maximum absolute atomic E-state index is 14.5. The number of nitrogens with one attached hydrogen (secondary N) is 1. The van der Waals surface area contributed by atoms with Crippen LogP contribution in [-0.2, 0) is 6.61 Å². The van der Waals surface area contributed by atoms with Gasteiger partial charge in [-0.2, -0.15) is 0 Å². The molecule has 0 radical (unpaired) electrons. The van der Waals surface area contributed by atoms with Gasteiger partial charge < -0.3 is 24.6 Å². The number of methoxy groups -OCH3 is 1. The first-order chi connectivity index (χ1) is 18.9. The lowest BCUT2D eigenvalue weighted by atomic mass is 10.0. The van der Waals surface area contributed by atoms with Crippen molar-refractivity contribution in [2.24, 2.45) is 0 Å². The Labute approximate surface area is 227 Å². The molecular formula is C27H34F2N8O2. The van der Waals surface area contributed by atoms with Gasteiger partial charge in [0.25, 0.3) is 0 Å². The first kappa shape index (κ1) is 26.9. The topological polar surface area (TPSA) is 91.8 Å². The van der Waals surface area contributed by atoms with E-state index in [1.54, 1.807) is 12.4 Å². The minimum absolute atomic E-state index is 0.0355. The van der Waals surface area contributed by atoms with Crippen LogP contribution < -0.4 is 19.7 Å². The van der Waals surface area contributed by atoms with Crippen LogP contribution >= 0.6 is 0 Å². The highest BCUT2D eigenvalue weighted by Crippen LogP contribution is 2.27. The fraction of sp³-hybridized carbons (Fsp3) is 0.481. The number of halogens is 2. The van der Waals surface area contributed by atoms with Crippen molar-refractivity contribution in [3.63, 3.8) is 0 Å². The van der Waals surface area contributed by atoms with E-state index in [4.69, 9.17) is 9.47 Å². The summed E-state index contributed by atoms with van der Waals surface area (Å²) in [7, 11) is 3.51. The van der Waals surface area contributed by atoms with E-state index in [1.807, 2.05) is 0 Å². The van der Waals surface area contributed by atoms with E-state index < -0.39 is 11.6 Å². The van der Waals surface area contributed by atoms with E-state index in [2.05, 4.69) is 47.0 Å². The van der Waals surface area contributed by atoms with Crippen molar-refractivity contribution >= 4 is 17.6 Å². The molecule has 0 unspecified atom stereocenters. The molecule has 0 aliphatic carbocycles. The van der Waals surface area contributed by atoms with Gasteiger partial charge in [0, 0.05) is 45.3 Å². The van der Waals surface area contributed by atoms with Crippen LogP contribution in [0.3, 0.4) is 0 Å². The molecular weight excluding hydrogens is 506 g/mol. The summed E-state index contributed by atoms with van der Waals surface area (Å²) in [5.74, 6) is -0.188. The molecule has 5 rings (SSSR count). The molecule has 208 valence electrons. The van der Waals surface area contributed by atoms with Crippen LogP contribution in [0.1, 0.15) is 24.0 Å². The van der Waals surface area contributed by atoms with Crippen LogP contribution in [0.25, 0.3) is 0 Å². The summed E-state index contributed by atoms with van der Waals surface area (Å²) in [6.45, 7) is 7.67. The fourth-order valence-corrected chi connectivity index (χ4v) is 4.99. The number of likely N-dealkylation sites (N-methyl/N-ethyl adjacent to an activating group) is 1. The summed E-state index contributed by atoms with van der Waals surface area (Å²) in [6.07, 6.45) is 8.51. The van der Waals surface area contributed by atoms with Crippen LogP contribution in [0.15, 0.2) is 30.9 Å². The van der Waals surface area contributed by atoms with Crippen LogP contribution in [-0.4, -0.2) is 89.2 Å². The van der Waals surface area contributed by atoms with Gasteiger partial charge in [0.05, 0.1) is 43.1 Å². The number of anilines is 3. The predicted octanol–water partition coefficient (Wildman–Crippen LogP) is 3.40. The normalized spacial score (nSPS) is 17.3. The van der Waals surface area contributed by atoms with E-state index >= 15 is 0 Å². The zero-order valence-corrected chi connectivity index (χ0v) is 22.5. The number of benzene rings is 1. The average molecular weight is 541 g/mol. The molecule has 0 spiro atoms. The minimum atomic E-state index is -0.789. The molecule has 1 aromatic carbocycles. The second-order valence-corrected chi connectivity index (χ2v) is 9.99. The molecule has 2 fully saturated rings. The molecule has 0 bridgehead atoms. The first-order valence-corrected chi connectivity index (χ1v) is 13.1.